The zero-order chi connectivity index (χ0) is 10.9. The summed E-state index contributed by atoms with van der Waals surface area (Å²) in [7, 11) is 1.74. The molecule has 0 aliphatic heterocycles. The van der Waals surface area contributed by atoms with Crippen LogP contribution in [0.3, 0.4) is 0 Å². The van der Waals surface area contributed by atoms with Gasteiger partial charge in [0.2, 0.25) is 0 Å². The van der Waals surface area contributed by atoms with Crippen molar-refractivity contribution >= 4 is 0 Å². The van der Waals surface area contributed by atoms with Gasteiger partial charge in [-0.15, -0.1) is 0 Å². The molecule has 0 heterocycles. The Labute approximate surface area is 92.6 Å². The quantitative estimate of drug-likeness (QED) is 0.692. The van der Waals surface area contributed by atoms with Gasteiger partial charge in [-0.05, 0) is 31.9 Å². The van der Waals surface area contributed by atoms with Gasteiger partial charge in [0.15, 0.2) is 0 Å². The van der Waals surface area contributed by atoms with E-state index in [-0.39, 0.29) is 0 Å². The van der Waals surface area contributed by atoms with Gasteiger partial charge in [-0.25, -0.2) is 0 Å². The summed E-state index contributed by atoms with van der Waals surface area (Å²) in [4.78, 5) is 0. The third-order valence-electron chi connectivity index (χ3n) is 2.39. The van der Waals surface area contributed by atoms with E-state index in [9.17, 15) is 0 Å². The highest BCUT2D eigenvalue weighted by Gasteiger charge is 1.98. The summed E-state index contributed by atoms with van der Waals surface area (Å²) < 4.78 is 5.06. The Morgan fingerprint density at radius 1 is 1.27 bits per heavy atom. The van der Waals surface area contributed by atoms with Gasteiger partial charge in [0.25, 0.3) is 0 Å². The lowest BCUT2D eigenvalue weighted by molar-refractivity contribution is 0.172. The summed E-state index contributed by atoms with van der Waals surface area (Å²) in [6.45, 7) is 3.98. The lowest BCUT2D eigenvalue weighted by Gasteiger charge is -2.12. The molecule has 0 aliphatic carbocycles. The average molecular weight is 207 g/mol. The number of ether oxygens (including phenoxy) is 1. The van der Waals surface area contributed by atoms with Crippen LogP contribution in [0.2, 0.25) is 0 Å². The first-order valence-electron chi connectivity index (χ1n) is 5.59. The predicted octanol–water partition coefficient (Wildman–Crippen LogP) is 2.24. The van der Waals surface area contributed by atoms with Crippen LogP contribution in [0, 0.1) is 0 Å². The van der Waals surface area contributed by atoms with E-state index in [1.165, 1.54) is 12.0 Å². The molecule has 2 heteroatoms. The van der Waals surface area contributed by atoms with Gasteiger partial charge in [-0.3, -0.25) is 0 Å². The second-order valence-corrected chi connectivity index (χ2v) is 3.90. The van der Waals surface area contributed by atoms with Crippen LogP contribution in [0.4, 0.5) is 0 Å². The fraction of sp³-hybridized carbons (Fsp3) is 0.538. The average Bonchev–Trinajstić information content (AvgIpc) is 2.26. The maximum atomic E-state index is 5.06. The molecule has 1 aromatic carbocycles. The molecular formula is C13H21NO. The highest BCUT2D eigenvalue weighted by Crippen LogP contribution is 2.01. The zero-order valence-electron chi connectivity index (χ0n) is 9.70. The van der Waals surface area contributed by atoms with E-state index in [1.54, 1.807) is 7.11 Å². The Morgan fingerprint density at radius 2 is 2.00 bits per heavy atom. The first-order valence-corrected chi connectivity index (χ1v) is 5.59. The molecule has 0 radical (unpaired) electrons. The number of aryl methyl sites for hydroxylation is 1. The Kier molecular flexibility index (Phi) is 6.05. The van der Waals surface area contributed by atoms with Crippen LogP contribution in [-0.2, 0) is 11.2 Å². The van der Waals surface area contributed by atoms with E-state index >= 15 is 0 Å². The molecule has 84 valence electrons. The molecule has 0 spiro atoms. The largest absolute Gasteiger partial charge is 0.383 e. The fourth-order valence-corrected chi connectivity index (χ4v) is 1.59. The van der Waals surface area contributed by atoms with Crippen molar-refractivity contribution in [3.05, 3.63) is 35.9 Å². The second kappa shape index (κ2) is 7.43. The highest BCUT2D eigenvalue weighted by atomic mass is 16.5. The molecule has 0 aromatic heterocycles. The molecule has 0 amide bonds. The minimum Gasteiger partial charge on any atom is -0.383 e. The zero-order valence-corrected chi connectivity index (χ0v) is 9.70. The van der Waals surface area contributed by atoms with Gasteiger partial charge in [0.1, 0.15) is 0 Å². The van der Waals surface area contributed by atoms with Crippen molar-refractivity contribution in [2.45, 2.75) is 25.8 Å². The van der Waals surface area contributed by atoms with Gasteiger partial charge in [0.05, 0.1) is 6.61 Å². The Hall–Kier alpha value is -0.860. The summed E-state index contributed by atoms with van der Waals surface area (Å²) in [5.74, 6) is 0. The molecule has 0 bridgehead atoms. The van der Waals surface area contributed by atoms with Crippen LogP contribution in [0.5, 0.6) is 0 Å². The van der Waals surface area contributed by atoms with Crippen LogP contribution >= 0.6 is 0 Å². The number of benzene rings is 1. The summed E-state index contributed by atoms with van der Waals surface area (Å²) in [5, 5.41) is 3.43. The molecular weight excluding hydrogens is 186 g/mol. The SMILES string of the molecule is COC[C@@H](C)NCCCc1ccccc1. The first kappa shape index (κ1) is 12.2. The van der Waals surface area contributed by atoms with Gasteiger partial charge in [-0.1, -0.05) is 30.3 Å². The van der Waals surface area contributed by atoms with Crippen LogP contribution in [0.1, 0.15) is 18.9 Å². The third-order valence-corrected chi connectivity index (χ3v) is 2.39. The number of hydrogen-bond acceptors (Lipinski definition) is 2. The number of hydrogen-bond donors (Lipinski definition) is 1. The van der Waals surface area contributed by atoms with E-state index in [4.69, 9.17) is 4.74 Å². The fourth-order valence-electron chi connectivity index (χ4n) is 1.59. The summed E-state index contributed by atoms with van der Waals surface area (Å²) in [6, 6.07) is 11.1. The van der Waals surface area contributed by atoms with Gasteiger partial charge in [-0.2, -0.15) is 0 Å². The first-order chi connectivity index (χ1) is 7.33. The number of methoxy groups -OCH3 is 1. The Balaban J connectivity index is 2.07. The normalized spacial score (nSPS) is 12.7. The van der Waals surface area contributed by atoms with Crippen LogP contribution in [0.25, 0.3) is 0 Å². The van der Waals surface area contributed by atoms with E-state index in [0.29, 0.717) is 6.04 Å². The van der Waals surface area contributed by atoms with E-state index < -0.39 is 0 Å². The second-order valence-electron chi connectivity index (χ2n) is 3.90. The number of rotatable bonds is 7. The maximum absolute atomic E-state index is 5.06. The van der Waals surface area contributed by atoms with Crippen molar-refractivity contribution in [3.8, 4) is 0 Å². The lowest BCUT2D eigenvalue weighted by Crippen LogP contribution is -2.31. The third kappa shape index (κ3) is 5.55. The summed E-state index contributed by atoms with van der Waals surface area (Å²) in [6.07, 6.45) is 2.33. The molecule has 1 aromatic rings. The van der Waals surface area contributed by atoms with Crippen LogP contribution in [0.15, 0.2) is 30.3 Å². The van der Waals surface area contributed by atoms with Crippen molar-refractivity contribution in [2.75, 3.05) is 20.3 Å². The monoisotopic (exact) mass is 207 g/mol. The summed E-state index contributed by atoms with van der Waals surface area (Å²) in [5.41, 5.74) is 1.42. The highest BCUT2D eigenvalue weighted by molar-refractivity contribution is 5.14. The molecule has 0 aliphatic rings. The molecule has 0 saturated carbocycles. The van der Waals surface area contributed by atoms with Crippen molar-refractivity contribution in [3.63, 3.8) is 0 Å². The molecule has 1 rings (SSSR count). The van der Waals surface area contributed by atoms with E-state index in [2.05, 4.69) is 42.6 Å². The van der Waals surface area contributed by atoms with Gasteiger partial charge >= 0.3 is 0 Å². The molecule has 1 atom stereocenters. The molecule has 0 fully saturated rings. The minimum atomic E-state index is 0.450. The molecule has 0 saturated heterocycles. The smallest absolute Gasteiger partial charge is 0.0613 e. The molecule has 15 heavy (non-hydrogen) atoms. The van der Waals surface area contributed by atoms with Crippen LogP contribution < -0.4 is 5.32 Å². The van der Waals surface area contributed by atoms with Gasteiger partial charge in [0, 0.05) is 13.2 Å². The number of nitrogens with one attached hydrogen (secondary N) is 1. The van der Waals surface area contributed by atoms with Gasteiger partial charge < -0.3 is 10.1 Å². The maximum Gasteiger partial charge on any atom is 0.0613 e. The van der Waals surface area contributed by atoms with Crippen molar-refractivity contribution in [2.24, 2.45) is 0 Å². The topological polar surface area (TPSA) is 21.3 Å². The predicted molar refractivity (Wildman–Crippen MR) is 64.1 cm³/mol. The van der Waals surface area contributed by atoms with Crippen molar-refractivity contribution < 1.29 is 4.74 Å². The summed E-state index contributed by atoms with van der Waals surface area (Å²) >= 11 is 0. The Bertz CT molecular complexity index is 248. The van der Waals surface area contributed by atoms with E-state index in [0.717, 1.165) is 19.6 Å². The Morgan fingerprint density at radius 3 is 2.67 bits per heavy atom. The lowest BCUT2D eigenvalue weighted by atomic mass is 10.1. The van der Waals surface area contributed by atoms with Crippen molar-refractivity contribution in [1.82, 2.24) is 5.32 Å². The molecule has 1 N–H and O–H groups in total. The molecule has 0 unspecified atom stereocenters. The van der Waals surface area contributed by atoms with E-state index in [1.807, 2.05) is 0 Å². The van der Waals surface area contributed by atoms with Crippen LogP contribution in [-0.4, -0.2) is 26.3 Å². The standard InChI is InChI=1S/C13H21NO/c1-12(11-15-2)14-10-6-9-13-7-4-3-5-8-13/h3-5,7-8,12,14H,6,9-11H2,1-2H3/t12-/m1/s1. The van der Waals surface area contributed by atoms with Crippen molar-refractivity contribution in [1.29, 1.82) is 0 Å². The minimum absolute atomic E-state index is 0.450. The molecule has 2 nitrogen and oxygen atoms in total.